The number of hydrogen-bond donors (Lipinski definition) is 2. The van der Waals surface area contributed by atoms with Crippen LogP contribution in [-0.2, 0) is 4.79 Å². The van der Waals surface area contributed by atoms with Crippen molar-refractivity contribution in [3.63, 3.8) is 0 Å². The van der Waals surface area contributed by atoms with Crippen LogP contribution in [0.15, 0.2) is 18.2 Å². The van der Waals surface area contributed by atoms with Crippen molar-refractivity contribution in [3.8, 4) is 0 Å². The number of fused-ring (bicyclic) bond motifs is 1. The standard InChI is InChI=1S/C10H11FN2O/c11-6-1-3-9-7(5-6)8(12)2-4-10(14)13-9/h1,3,5,8H,2,4,12H2,(H,13,14). The van der Waals surface area contributed by atoms with Gasteiger partial charge in [0.2, 0.25) is 5.91 Å². The quantitative estimate of drug-likeness (QED) is 0.658. The minimum Gasteiger partial charge on any atom is -0.326 e. The lowest BCUT2D eigenvalue weighted by molar-refractivity contribution is -0.116. The third-order valence-corrected chi connectivity index (χ3v) is 2.37. The van der Waals surface area contributed by atoms with Gasteiger partial charge in [-0.25, -0.2) is 4.39 Å². The van der Waals surface area contributed by atoms with Crippen molar-refractivity contribution < 1.29 is 9.18 Å². The highest BCUT2D eigenvalue weighted by molar-refractivity contribution is 5.92. The summed E-state index contributed by atoms with van der Waals surface area (Å²) in [4.78, 5) is 11.2. The lowest BCUT2D eigenvalue weighted by Gasteiger charge is -2.11. The second-order valence-corrected chi connectivity index (χ2v) is 3.42. The first kappa shape index (κ1) is 9.15. The van der Waals surface area contributed by atoms with Gasteiger partial charge in [0.05, 0.1) is 0 Å². The molecule has 1 aliphatic rings. The van der Waals surface area contributed by atoms with Crippen molar-refractivity contribution in [1.29, 1.82) is 0 Å². The molecule has 0 bridgehead atoms. The fourth-order valence-electron chi connectivity index (χ4n) is 1.61. The molecule has 0 spiro atoms. The number of carbonyl (C=O) groups is 1. The van der Waals surface area contributed by atoms with Crippen molar-refractivity contribution in [2.45, 2.75) is 18.9 Å². The van der Waals surface area contributed by atoms with Crippen molar-refractivity contribution in [1.82, 2.24) is 0 Å². The third-order valence-electron chi connectivity index (χ3n) is 2.37. The van der Waals surface area contributed by atoms with Gasteiger partial charge in [-0.1, -0.05) is 0 Å². The Hall–Kier alpha value is -1.42. The fraction of sp³-hybridized carbons (Fsp3) is 0.300. The summed E-state index contributed by atoms with van der Waals surface area (Å²) in [6, 6.07) is 3.98. The molecule has 1 aliphatic heterocycles. The van der Waals surface area contributed by atoms with Gasteiger partial charge in [-0.2, -0.15) is 0 Å². The molecular weight excluding hydrogens is 183 g/mol. The molecule has 1 unspecified atom stereocenters. The Bertz CT molecular complexity index is 378. The number of carbonyl (C=O) groups excluding carboxylic acids is 1. The van der Waals surface area contributed by atoms with Gasteiger partial charge in [0.1, 0.15) is 5.82 Å². The van der Waals surface area contributed by atoms with Gasteiger partial charge >= 0.3 is 0 Å². The van der Waals surface area contributed by atoms with Crippen LogP contribution in [0.25, 0.3) is 0 Å². The van der Waals surface area contributed by atoms with Crippen LogP contribution in [0.1, 0.15) is 24.4 Å². The lowest BCUT2D eigenvalue weighted by atomic mass is 10.0. The Morgan fingerprint density at radius 2 is 2.29 bits per heavy atom. The highest BCUT2D eigenvalue weighted by atomic mass is 19.1. The van der Waals surface area contributed by atoms with Crippen molar-refractivity contribution >= 4 is 11.6 Å². The molecule has 0 saturated heterocycles. The van der Waals surface area contributed by atoms with Crippen LogP contribution in [0.2, 0.25) is 0 Å². The number of nitrogens with two attached hydrogens (primary N) is 1. The van der Waals surface area contributed by atoms with E-state index in [9.17, 15) is 9.18 Å². The van der Waals surface area contributed by atoms with Crippen LogP contribution < -0.4 is 11.1 Å². The molecule has 3 nitrogen and oxygen atoms in total. The number of benzene rings is 1. The average molecular weight is 194 g/mol. The van der Waals surface area contributed by atoms with Gasteiger partial charge in [-0.15, -0.1) is 0 Å². The highest BCUT2D eigenvalue weighted by Crippen LogP contribution is 2.28. The molecule has 1 aromatic carbocycles. The van der Waals surface area contributed by atoms with E-state index in [0.717, 1.165) is 0 Å². The van der Waals surface area contributed by atoms with E-state index in [1.165, 1.54) is 12.1 Å². The second-order valence-electron chi connectivity index (χ2n) is 3.42. The predicted octanol–water partition coefficient (Wildman–Crippen LogP) is 1.56. The summed E-state index contributed by atoms with van der Waals surface area (Å²) in [5.74, 6) is -0.388. The number of halogens is 1. The summed E-state index contributed by atoms with van der Waals surface area (Å²) in [5.41, 5.74) is 7.12. The van der Waals surface area contributed by atoms with Crippen LogP contribution in [-0.4, -0.2) is 5.91 Å². The molecule has 1 heterocycles. The molecular formula is C10H11FN2O. The summed E-state index contributed by atoms with van der Waals surface area (Å²) in [5, 5.41) is 2.69. The number of nitrogens with one attached hydrogen (secondary N) is 1. The number of amides is 1. The SMILES string of the molecule is NC1CCC(=O)Nc2ccc(F)cc21. The van der Waals surface area contributed by atoms with E-state index in [4.69, 9.17) is 5.73 Å². The molecule has 14 heavy (non-hydrogen) atoms. The first-order valence-electron chi connectivity index (χ1n) is 4.51. The van der Waals surface area contributed by atoms with E-state index >= 15 is 0 Å². The predicted molar refractivity (Wildman–Crippen MR) is 51.2 cm³/mol. The number of hydrogen-bond acceptors (Lipinski definition) is 2. The topological polar surface area (TPSA) is 55.1 Å². The molecule has 3 N–H and O–H groups in total. The molecule has 1 aromatic rings. The lowest BCUT2D eigenvalue weighted by Crippen LogP contribution is -2.09. The van der Waals surface area contributed by atoms with E-state index in [1.807, 2.05) is 0 Å². The van der Waals surface area contributed by atoms with Gasteiger partial charge in [-0.05, 0) is 30.2 Å². The molecule has 0 aromatic heterocycles. The fourth-order valence-corrected chi connectivity index (χ4v) is 1.61. The third kappa shape index (κ3) is 1.61. The van der Waals surface area contributed by atoms with Gasteiger partial charge in [-0.3, -0.25) is 4.79 Å². The van der Waals surface area contributed by atoms with E-state index in [-0.39, 0.29) is 17.8 Å². The van der Waals surface area contributed by atoms with Crippen molar-refractivity contribution in [2.24, 2.45) is 5.73 Å². The molecule has 4 heteroatoms. The Morgan fingerprint density at radius 1 is 1.50 bits per heavy atom. The summed E-state index contributed by atoms with van der Waals surface area (Å²) >= 11 is 0. The Labute approximate surface area is 81.1 Å². The molecule has 0 aliphatic carbocycles. The smallest absolute Gasteiger partial charge is 0.224 e. The Morgan fingerprint density at radius 3 is 3.07 bits per heavy atom. The minimum absolute atomic E-state index is 0.0641. The number of rotatable bonds is 0. The van der Waals surface area contributed by atoms with Crippen LogP contribution >= 0.6 is 0 Å². The normalized spacial score (nSPS) is 21.0. The van der Waals surface area contributed by atoms with Gasteiger partial charge in [0.15, 0.2) is 0 Å². The van der Waals surface area contributed by atoms with Gasteiger partial charge < -0.3 is 11.1 Å². The zero-order valence-electron chi connectivity index (χ0n) is 7.59. The van der Waals surface area contributed by atoms with Crippen LogP contribution in [0.5, 0.6) is 0 Å². The maximum atomic E-state index is 12.9. The van der Waals surface area contributed by atoms with Crippen LogP contribution in [0.4, 0.5) is 10.1 Å². The van der Waals surface area contributed by atoms with Crippen LogP contribution in [0.3, 0.4) is 0 Å². The zero-order valence-corrected chi connectivity index (χ0v) is 7.59. The highest BCUT2D eigenvalue weighted by Gasteiger charge is 2.19. The molecule has 0 saturated carbocycles. The Balaban J connectivity index is 2.46. The molecule has 0 fully saturated rings. The van der Waals surface area contributed by atoms with E-state index in [0.29, 0.717) is 24.1 Å². The zero-order chi connectivity index (χ0) is 10.1. The van der Waals surface area contributed by atoms with E-state index < -0.39 is 0 Å². The summed E-state index contributed by atoms with van der Waals surface area (Å²) < 4.78 is 12.9. The minimum atomic E-state index is -0.324. The first-order valence-corrected chi connectivity index (χ1v) is 4.51. The molecule has 0 radical (unpaired) electrons. The van der Waals surface area contributed by atoms with Crippen molar-refractivity contribution in [2.75, 3.05) is 5.32 Å². The maximum Gasteiger partial charge on any atom is 0.224 e. The van der Waals surface area contributed by atoms with Crippen LogP contribution in [0, 0.1) is 5.82 Å². The van der Waals surface area contributed by atoms with E-state index in [2.05, 4.69) is 5.32 Å². The summed E-state index contributed by atoms with van der Waals surface area (Å²) in [6.45, 7) is 0. The average Bonchev–Trinajstić information content (AvgIpc) is 2.29. The van der Waals surface area contributed by atoms with Gasteiger partial charge in [0.25, 0.3) is 0 Å². The van der Waals surface area contributed by atoms with Crippen molar-refractivity contribution in [3.05, 3.63) is 29.6 Å². The van der Waals surface area contributed by atoms with E-state index in [1.54, 1.807) is 6.07 Å². The molecule has 2 rings (SSSR count). The number of anilines is 1. The monoisotopic (exact) mass is 194 g/mol. The summed E-state index contributed by atoms with van der Waals surface area (Å²) in [6.07, 6.45) is 0.944. The maximum absolute atomic E-state index is 12.9. The second kappa shape index (κ2) is 3.38. The molecule has 1 atom stereocenters. The molecule has 74 valence electrons. The molecule has 1 amide bonds. The summed E-state index contributed by atoms with van der Waals surface area (Å²) in [7, 11) is 0. The Kier molecular flexibility index (Phi) is 2.21. The largest absolute Gasteiger partial charge is 0.326 e. The first-order chi connectivity index (χ1) is 6.66. The van der Waals surface area contributed by atoms with Gasteiger partial charge in [0, 0.05) is 18.2 Å².